The Morgan fingerprint density at radius 3 is 2.61 bits per heavy atom. The predicted molar refractivity (Wildman–Crippen MR) is 132 cm³/mol. The lowest BCUT2D eigenvalue weighted by Crippen LogP contribution is -2.32. The van der Waals surface area contributed by atoms with Crippen molar-refractivity contribution in [3.63, 3.8) is 0 Å². The molecule has 1 aliphatic heterocycles. The molecule has 10 heteroatoms. The van der Waals surface area contributed by atoms with Gasteiger partial charge in [-0.25, -0.2) is 9.07 Å². The number of amides is 1. The van der Waals surface area contributed by atoms with Crippen LogP contribution in [0.3, 0.4) is 0 Å². The summed E-state index contributed by atoms with van der Waals surface area (Å²) >= 11 is 0. The molecule has 0 aliphatic carbocycles. The SMILES string of the molecule is COc1ccc(-c2nc3n(n2)[C@@H](c2ccccc2F)C(C(=O)Nc2cccnc2)=C(C)N3)cc1OC. The van der Waals surface area contributed by atoms with Gasteiger partial charge in [-0.1, -0.05) is 18.2 Å². The number of benzene rings is 2. The highest BCUT2D eigenvalue weighted by Crippen LogP contribution is 2.38. The van der Waals surface area contributed by atoms with Crippen LogP contribution in [0.2, 0.25) is 0 Å². The second kappa shape index (κ2) is 9.49. The number of anilines is 2. The van der Waals surface area contributed by atoms with Crippen LogP contribution in [0.4, 0.5) is 16.0 Å². The first-order valence-electron chi connectivity index (χ1n) is 11.1. The van der Waals surface area contributed by atoms with Gasteiger partial charge in [-0.3, -0.25) is 9.78 Å². The molecule has 5 rings (SSSR count). The van der Waals surface area contributed by atoms with Crippen LogP contribution in [-0.4, -0.2) is 39.9 Å². The van der Waals surface area contributed by atoms with Gasteiger partial charge in [0.25, 0.3) is 5.91 Å². The Morgan fingerprint density at radius 1 is 1.08 bits per heavy atom. The van der Waals surface area contributed by atoms with E-state index in [4.69, 9.17) is 9.47 Å². The molecule has 2 aromatic heterocycles. The Morgan fingerprint density at radius 2 is 1.89 bits per heavy atom. The summed E-state index contributed by atoms with van der Waals surface area (Å²) in [6, 6.07) is 14.2. The van der Waals surface area contributed by atoms with Crippen LogP contribution in [0.5, 0.6) is 11.5 Å². The molecule has 3 heterocycles. The molecule has 182 valence electrons. The lowest BCUT2D eigenvalue weighted by molar-refractivity contribution is -0.113. The number of nitrogens with one attached hydrogen (secondary N) is 2. The highest BCUT2D eigenvalue weighted by molar-refractivity contribution is 6.06. The summed E-state index contributed by atoms with van der Waals surface area (Å²) < 4.78 is 27.3. The average Bonchev–Trinajstić information content (AvgIpc) is 3.32. The van der Waals surface area contributed by atoms with Crippen LogP contribution in [0.15, 0.2) is 78.3 Å². The number of hydrogen-bond acceptors (Lipinski definition) is 7. The van der Waals surface area contributed by atoms with Crippen molar-refractivity contribution >= 4 is 17.5 Å². The van der Waals surface area contributed by atoms with Crippen molar-refractivity contribution in [1.29, 1.82) is 0 Å². The summed E-state index contributed by atoms with van der Waals surface area (Å²) in [5, 5.41) is 10.7. The van der Waals surface area contributed by atoms with Crippen LogP contribution in [0.1, 0.15) is 18.5 Å². The van der Waals surface area contributed by atoms with E-state index in [2.05, 4.69) is 25.7 Å². The van der Waals surface area contributed by atoms with Crippen LogP contribution in [-0.2, 0) is 4.79 Å². The molecule has 1 atom stereocenters. The van der Waals surface area contributed by atoms with E-state index in [1.54, 1.807) is 75.9 Å². The van der Waals surface area contributed by atoms with Crippen LogP contribution < -0.4 is 20.1 Å². The van der Waals surface area contributed by atoms with Crippen molar-refractivity contribution in [2.75, 3.05) is 24.9 Å². The highest BCUT2D eigenvalue weighted by Gasteiger charge is 2.36. The molecule has 2 aromatic carbocycles. The van der Waals surface area contributed by atoms with Gasteiger partial charge in [-0.05, 0) is 43.3 Å². The molecular weight excluding hydrogens is 463 g/mol. The summed E-state index contributed by atoms with van der Waals surface area (Å²) in [7, 11) is 3.10. The molecule has 1 aliphatic rings. The Balaban J connectivity index is 1.61. The second-order valence-corrected chi connectivity index (χ2v) is 8.06. The van der Waals surface area contributed by atoms with Gasteiger partial charge in [0.2, 0.25) is 5.95 Å². The normalized spacial score (nSPS) is 14.6. The summed E-state index contributed by atoms with van der Waals surface area (Å²) in [5.74, 6) is 0.977. The number of methoxy groups -OCH3 is 2. The third-order valence-electron chi connectivity index (χ3n) is 5.86. The number of carbonyl (C=O) groups is 1. The number of ether oxygens (including phenoxy) is 2. The average molecular weight is 487 g/mol. The van der Waals surface area contributed by atoms with E-state index in [-0.39, 0.29) is 0 Å². The Kier molecular flexibility index (Phi) is 6.07. The smallest absolute Gasteiger partial charge is 0.255 e. The summed E-state index contributed by atoms with van der Waals surface area (Å²) in [5.41, 5.74) is 2.32. The van der Waals surface area contributed by atoms with E-state index in [0.29, 0.717) is 51.4 Å². The van der Waals surface area contributed by atoms with Gasteiger partial charge in [-0.15, -0.1) is 5.10 Å². The lowest BCUT2D eigenvalue weighted by atomic mass is 9.94. The quantitative estimate of drug-likeness (QED) is 0.416. The molecule has 1 amide bonds. The number of hydrogen-bond donors (Lipinski definition) is 2. The zero-order valence-electron chi connectivity index (χ0n) is 19.8. The molecule has 36 heavy (non-hydrogen) atoms. The van der Waals surface area contributed by atoms with Crippen LogP contribution >= 0.6 is 0 Å². The first-order valence-corrected chi connectivity index (χ1v) is 11.1. The molecule has 0 saturated heterocycles. The third-order valence-corrected chi connectivity index (χ3v) is 5.86. The molecule has 2 N–H and O–H groups in total. The number of halogens is 1. The minimum atomic E-state index is -0.861. The van der Waals surface area contributed by atoms with Crippen LogP contribution in [0, 0.1) is 5.82 Å². The number of rotatable bonds is 6. The number of carbonyl (C=O) groups excluding carboxylic acids is 1. The number of nitrogens with zero attached hydrogens (tertiary/aromatic N) is 4. The van der Waals surface area contributed by atoms with Gasteiger partial charge in [0, 0.05) is 23.0 Å². The standard InChI is InChI=1S/C26H23FN6O3/c1-15-22(25(34)30-17-7-6-12-28-14-17)23(18-8-4-5-9-19(18)27)33-26(29-15)31-24(32-33)16-10-11-20(35-2)21(13-16)36-3/h4-14,23H,1-3H3,(H,30,34)(H,29,31,32)/t23-/m0/s1. The molecule has 0 radical (unpaired) electrons. The second-order valence-electron chi connectivity index (χ2n) is 8.06. The van der Waals surface area contributed by atoms with E-state index in [1.807, 2.05) is 0 Å². The molecule has 0 saturated carbocycles. The first-order chi connectivity index (χ1) is 17.5. The molecule has 0 fully saturated rings. The van der Waals surface area contributed by atoms with Gasteiger partial charge < -0.3 is 20.1 Å². The third kappa shape index (κ3) is 4.13. The zero-order valence-corrected chi connectivity index (χ0v) is 19.8. The fourth-order valence-corrected chi connectivity index (χ4v) is 4.16. The number of fused-ring (bicyclic) bond motifs is 1. The molecule has 0 unspecified atom stereocenters. The van der Waals surface area contributed by atoms with Gasteiger partial charge >= 0.3 is 0 Å². The largest absolute Gasteiger partial charge is 0.493 e. The topological polar surface area (TPSA) is 103 Å². The maximum Gasteiger partial charge on any atom is 0.255 e. The van der Waals surface area contributed by atoms with Crippen molar-refractivity contribution in [1.82, 2.24) is 19.7 Å². The van der Waals surface area contributed by atoms with Crippen molar-refractivity contribution in [3.8, 4) is 22.9 Å². The highest BCUT2D eigenvalue weighted by atomic mass is 19.1. The fraction of sp³-hybridized carbons (Fsp3) is 0.154. The fourth-order valence-electron chi connectivity index (χ4n) is 4.16. The number of allylic oxidation sites excluding steroid dienone is 1. The van der Waals surface area contributed by atoms with E-state index < -0.39 is 17.8 Å². The van der Waals surface area contributed by atoms with Crippen molar-refractivity contribution in [2.24, 2.45) is 0 Å². The maximum atomic E-state index is 15.1. The molecule has 4 aromatic rings. The minimum absolute atomic E-state index is 0.291. The van der Waals surface area contributed by atoms with Gasteiger partial charge in [0.1, 0.15) is 11.9 Å². The Bertz CT molecular complexity index is 1470. The van der Waals surface area contributed by atoms with E-state index >= 15 is 4.39 Å². The predicted octanol–water partition coefficient (Wildman–Crippen LogP) is 4.42. The van der Waals surface area contributed by atoms with Crippen LogP contribution in [0.25, 0.3) is 11.4 Å². The molecular formula is C26H23FN6O3. The number of aromatic nitrogens is 4. The van der Waals surface area contributed by atoms with Crippen molar-refractivity contribution in [3.05, 3.63) is 89.6 Å². The van der Waals surface area contributed by atoms with Crippen molar-refractivity contribution < 1.29 is 18.7 Å². The van der Waals surface area contributed by atoms with Gasteiger partial charge in [0.15, 0.2) is 17.3 Å². The Hall–Kier alpha value is -4.73. The summed E-state index contributed by atoms with van der Waals surface area (Å²) in [6.07, 6.45) is 3.15. The van der Waals surface area contributed by atoms with E-state index in [1.165, 1.54) is 16.9 Å². The molecule has 0 bridgehead atoms. The zero-order chi connectivity index (χ0) is 25.2. The van der Waals surface area contributed by atoms with E-state index in [9.17, 15) is 4.79 Å². The molecule has 9 nitrogen and oxygen atoms in total. The monoisotopic (exact) mass is 486 g/mol. The maximum absolute atomic E-state index is 15.1. The molecule has 0 spiro atoms. The minimum Gasteiger partial charge on any atom is -0.493 e. The first kappa shape index (κ1) is 23.0. The van der Waals surface area contributed by atoms with Gasteiger partial charge in [-0.2, -0.15) is 4.98 Å². The summed E-state index contributed by atoms with van der Waals surface area (Å²) in [6.45, 7) is 1.75. The van der Waals surface area contributed by atoms with Gasteiger partial charge in [0.05, 0.1) is 31.7 Å². The lowest BCUT2D eigenvalue weighted by Gasteiger charge is -2.28. The number of pyridine rings is 1. The van der Waals surface area contributed by atoms with Crippen molar-refractivity contribution in [2.45, 2.75) is 13.0 Å². The van der Waals surface area contributed by atoms with E-state index in [0.717, 1.165) is 0 Å². The summed E-state index contributed by atoms with van der Waals surface area (Å²) in [4.78, 5) is 22.1. The Labute approximate surface area is 206 Å².